The SMILES string of the molecule is CC(C)Cc1cc(-c2ccc(CN3CCCC3=O)cc2)c(S(N)(=O)=O)s1. The van der Waals surface area contributed by atoms with Gasteiger partial charge in [-0.2, -0.15) is 0 Å². The molecule has 5 nitrogen and oxygen atoms in total. The van der Waals surface area contributed by atoms with Crippen molar-refractivity contribution in [2.45, 2.75) is 43.9 Å². The molecule has 1 fully saturated rings. The van der Waals surface area contributed by atoms with Crippen LogP contribution in [-0.2, 0) is 27.8 Å². The molecule has 1 saturated heterocycles. The van der Waals surface area contributed by atoms with Gasteiger partial charge < -0.3 is 4.90 Å². The maximum atomic E-state index is 12.0. The number of hydrogen-bond donors (Lipinski definition) is 1. The predicted molar refractivity (Wildman–Crippen MR) is 104 cm³/mol. The fourth-order valence-corrected chi connectivity index (χ4v) is 5.61. The Morgan fingerprint density at radius 3 is 2.46 bits per heavy atom. The fourth-order valence-electron chi connectivity index (χ4n) is 3.22. The van der Waals surface area contributed by atoms with Crippen LogP contribution >= 0.6 is 11.3 Å². The van der Waals surface area contributed by atoms with Crippen molar-refractivity contribution in [2.75, 3.05) is 6.54 Å². The molecule has 3 rings (SSSR count). The number of primary sulfonamides is 1. The number of thiophene rings is 1. The first-order chi connectivity index (χ1) is 12.2. The Labute approximate surface area is 158 Å². The summed E-state index contributed by atoms with van der Waals surface area (Å²) in [5.41, 5.74) is 2.53. The molecule has 7 heteroatoms. The molecule has 1 aromatic carbocycles. The summed E-state index contributed by atoms with van der Waals surface area (Å²) in [5, 5.41) is 5.43. The third kappa shape index (κ3) is 4.34. The van der Waals surface area contributed by atoms with Gasteiger partial charge in [0.15, 0.2) is 0 Å². The number of carbonyl (C=O) groups is 1. The van der Waals surface area contributed by atoms with E-state index >= 15 is 0 Å². The third-order valence-corrected chi connectivity index (χ3v) is 7.06. The lowest BCUT2D eigenvalue weighted by Gasteiger charge is -2.15. The summed E-state index contributed by atoms with van der Waals surface area (Å²) in [6, 6.07) is 9.65. The molecule has 0 bridgehead atoms. The quantitative estimate of drug-likeness (QED) is 0.818. The van der Waals surface area contributed by atoms with Crippen molar-refractivity contribution in [2.24, 2.45) is 11.1 Å². The van der Waals surface area contributed by atoms with E-state index in [9.17, 15) is 13.2 Å². The minimum Gasteiger partial charge on any atom is -0.338 e. The van der Waals surface area contributed by atoms with Crippen molar-refractivity contribution in [3.8, 4) is 11.1 Å². The predicted octanol–water partition coefficient (Wildman–Crippen LogP) is 3.38. The number of rotatable bonds is 6. The molecule has 0 spiro atoms. The standard InChI is InChI=1S/C19H24N2O3S2/c1-13(2)10-16-11-17(19(25-16)26(20,23)24)15-7-5-14(6-8-15)12-21-9-3-4-18(21)22/h5-8,11,13H,3-4,9-10,12H2,1-2H3,(H2,20,23,24). The van der Waals surface area contributed by atoms with Crippen LogP contribution in [0.5, 0.6) is 0 Å². The summed E-state index contributed by atoms with van der Waals surface area (Å²) in [5.74, 6) is 0.636. The van der Waals surface area contributed by atoms with Crippen LogP contribution in [0.25, 0.3) is 11.1 Å². The minimum absolute atomic E-state index is 0.196. The maximum Gasteiger partial charge on any atom is 0.248 e. The van der Waals surface area contributed by atoms with Crippen molar-refractivity contribution in [3.05, 3.63) is 40.8 Å². The Morgan fingerprint density at radius 1 is 1.23 bits per heavy atom. The number of nitrogens with zero attached hydrogens (tertiary/aromatic N) is 1. The normalized spacial score (nSPS) is 15.2. The summed E-state index contributed by atoms with van der Waals surface area (Å²) in [6.07, 6.45) is 2.37. The highest BCUT2D eigenvalue weighted by molar-refractivity contribution is 7.91. The van der Waals surface area contributed by atoms with E-state index in [-0.39, 0.29) is 10.1 Å². The summed E-state index contributed by atoms with van der Waals surface area (Å²) in [4.78, 5) is 14.6. The van der Waals surface area contributed by atoms with E-state index < -0.39 is 10.0 Å². The summed E-state index contributed by atoms with van der Waals surface area (Å²) >= 11 is 1.25. The van der Waals surface area contributed by atoms with Crippen LogP contribution in [0.4, 0.5) is 0 Å². The monoisotopic (exact) mass is 392 g/mol. The molecule has 2 aromatic rings. The van der Waals surface area contributed by atoms with Gasteiger partial charge in [-0.3, -0.25) is 4.79 Å². The van der Waals surface area contributed by atoms with Crippen LogP contribution < -0.4 is 5.14 Å². The Hall–Kier alpha value is -1.70. The van der Waals surface area contributed by atoms with Crippen LogP contribution in [-0.4, -0.2) is 25.8 Å². The topological polar surface area (TPSA) is 80.5 Å². The number of sulfonamides is 1. The Balaban J connectivity index is 1.88. The van der Waals surface area contributed by atoms with E-state index in [2.05, 4.69) is 13.8 Å². The molecule has 26 heavy (non-hydrogen) atoms. The van der Waals surface area contributed by atoms with E-state index in [1.807, 2.05) is 35.2 Å². The Bertz CT molecular complexity index is 899. The van der Waals surface area contributed by atoms with Gasteiger partial charge in [-0.15, -0.1) is 11.3 Å². The van der Waals surface area contributed by atoms with E-state index in [1.165, 1.54) is 11.3 Å². The molecule has 2 N–H and O–H groups in total. The van der Waals surface area contributed by atoms with Gasteiger partial charge in [-0.25, -0.2) is 13.6 Å². The minimum atomic E-state index is -3.77. The van der Waals surface area contributed by atoms with Gasteiger partial charge in [0.05, 0.1) is 0 Å². The summed E-state index contributed by atoms with van der Waals surface area (Å²) < 4.78 is 24.2. The molecule has 1 aliphatic heterocycles. The highest BCUT2D eigenvalue weighted by atomic mass is 32.2. The first-order valence-electron chi connectivity index (χ1n) is 8.76. The molecule has 0 aliphatic carbocycles. The largest absolute Gasteiger partial charge is 0.338 e. The Kier molecular flexibility index (Phi) is 5.50. The first kappa shape index (κ1) is 19.1. The summed E-state index contributed by atoms with van der Waals surface area (Å²) in [7, 11) is -3.77. The molecule has 0 radical (unpaired) electrons. The highest BCUT2D eigenvalue weighted by Crippen LogP contribution is 2.35. The lowest BCUT2D eigenvalue weighted by Crippen LogP contribution is -2.23. The zero-order valence-corrected chi connectivity index (χ0v) is 16.7. The molecule has 1 aliphatic rings. The van der Waals surface area contributed by atoms with Crippen LogP contribution in [0.3, 0.4) is 0 Å². The van der Waals surface area contributed by atoms with E-state index in [4.69, 9.17) is 5.14 Å². The molecule has 1 amide bonds. The lowest BCUT2D eigenvalue weighted by molar-refractivity contribution is -0.128. The van der Waals surface area contributed by atoms with Crippen molar-refractivity contribution in [3.63, 3.8) is 0 Å². The smallest absolute Gasteiger partial charge is 0.248 e. The second-order valence-electron chi connectivity index (χ2n) is 7.17. The van der Waals surface area contributed by atoms with Crippen LogP contribution in [0, 0.1) is 5.92 Å². The van der Waals surface area contributed by atoms with Crippen LogP contribution in [0.2, 0.25) is 0 Å². The lowest BCUT2D eigenvalue weighted by atomic mass is 10.0. The zero-order chi connectivity index (χ0) is 18.9. The third-order valence-electron chi connectivity index (χ3n) is 4.43. The summed E-state index contributed by atoms with van der Waals surface area (Å²) in [6.45, 7) is 5.61. The van der Waals surface area contributed by atoms with Gasteiger partial charge in [-0.1, -0.05) is 38.1 Å². The molecule has 0 unspecified atom stereocenters. The van der Waals surface area contributed by atoms with Gasteiger partial charge >= 0.3 is 0 Å². The van der Waals surface area contributed by atoms with Crippen LogP contribution in [0.1, 0.15) is 37.1 Å². The molecular weight excluding hydrogens is 368 g/mol. The van der Waals surface area contributed by atoms with Crippen molar-refractivity contribution in [1.82, 2.24) is 4.90 Å². The molecule has 0 saturated carbocycles. The Morgan fingerprint density at radius 2 is 1.92 bits per heavy atom. The number of likely N-dealkylation sites (tertiary alicyclic amines) is 1. The number of benzene rings is 1. The van der Waals surface area contributed by atoms with Gasteiger partial charge in [0.2, 0.25) is 15.9 Å². The highest BCUT2D eigenvalue weighted by Gasteiger charge is 2.22. The second kappa shape index (κ2) is 7.50. The molecule has 140 valence electrons. The van der Waals surface area contributed by atoms with Gasteiger partial charge in [0.25, 0.3) is 0 Å². The van der Waals surface area contributed by atoms with Crippen LogP contribution in [0.15, 0.2) is 34.5 Å². The van der Waals surface area contributed by atoms with E-state index in [1.54, 1.807) is 0 Å². The number of nitrogens with two attached hydrogens (primary N) is 1. The molecular formula is C19H24N2O3S2. The zero-order valence-electron chi connectivity index (χ0n) is 15.1. The van der Waals surface area contributed by atoms with Crippen molar-refractivity contribution in [1.29, 1.82) is 0 Å². The van der Waals surface area contributed by atoms with Gasteiger partial charge in [0.1, 0.15) is 4.21 Å². The van der Waals surface area contributed by atoms with E-state index in [0.29, 0.717) is 24.4 Å². The number of amides is 1. The van der Waals surface area contributed by atoms with Gasteiger partial charge in [0, 0.05) is 30.0 Å². The second-order valence-corrected chi connectivity index (χ2v) is 10.1. The van der Waals surface area contributed by atoms with Crippen molar-refractivity contribution < 1.29 is 13.2 Å². The van der Waals surface area contributed by atoms with E-state index in [0.717, 1.165) is 35.4 Å². The average molecular weight is 393 g/mol. The average Bonchev–Trinajstić information content (AvgIpc) is 3.14. The maximum absolute atomic E-state index is 12.0. The number of carbonyl (C=O) groups excluding carboxylic acids is 1. The first-order valence-corrected chi connectivity index (χ1v) is 11.1. The van der Waals surface area contributed by atoms with Gasteiger partial charge in [-0.05, 0) is 36.0 Å². The fraction of sp³-hybridized carbons (Fsp3) is 0.421. The van der Waals surface area contributed by atoms with Crippen molar-refractivity contribution >= 4 is 27.3 Å². The molecule has 1 aromatic heterocycles. The number of hydrogen-bond acceptors (Lipinski definition) is 4. The molecule has 0 atom stereocenters. The molecule has 2 heterocycles.